The van der Waals surface area contributed by atoms with Crippen molar-refractivity contribution >= 4 is 33.4 Å². The number of anilines is 1. The fraction of sp³-hybridized carbons (Fsp3) is 0.318. The van der Waals surface area contributed by atoms with Gasteiger partial charge in [-0.3, -0.25) is 19.3 Å². The van der Waals surface area contributed by atoms with E-state index in [0.29, 0.717) is 17.7 Å². The van der Waals surface area contributed by atoms with E-state index < -0.39 is 28.0 Å². The van der Waals surface area contributed by atoms with Gasteiger partial charge in [-0.05, 0) is 49.6 Å². The van der Waals surface area contributed by atoms with Crippen LogP contribution in [0.1, 0.15) is 37.8 Å². The van der Waals surface area contributed by atoms with Crippen molar-refractivity contribution in [3.8, 4) is 0 Å². The molecular weight excluding hydrogens is 418 g/mol. The largest absolute Gasteiger partial charge is 0.453 e. The van der Waals surface area contributed by atoms with Crippen molar-refractivity contribution in [1.82, 2.24) is 4.72 Å². The zero-order valence-electron chi connectivity index (χ0n) is 17.4. The molecule has 0 saturated heterocycles. The van der Waals surface area contributed by atoms with Gasteiger partial charge >= 0.3 is 5.97 Å². The molecule has 1 aliphatic heterocycles. The van der Waals surface area contributed by atoms with E-state index in [2.05, 4.69) is 15.0 Å². The van der Waals surface area contributed by atoms with E-state index in [9.17, 15) is 18.0 Å². The van der Waals surface area contributed by atoms with Crippen molar-refractivity contribution in [2.45, 2.75) is 44.1 Å². The summed E-state index contributed by atoms with van der Waals surface area (Å²) < 4.78 is 31.7. The van der Waals surface area contributed by atoms with Crippen molar-refractivity contribution in [1.29, 1.82) is 0 Å². The van der Waals surface area contributed by atoms with Gasteiger partial charge in [0.2, 0.25) is 0 Å². The van der Waals surface area contributed by atoms with Gasteiger partial charge in [-0.2, -0.15) is 0 Å². The molecule has 1 atom stereocenters. The molecule has 0 aliphatic carbocycles. The van der Waals surface area contributed by atoms with Gasteiger partial charge in [-0.15, -0.1) is 0 Å². The minimum absolute atomic E-state index is 0.0635. The molecule has 0 spiro atoms. The summed E-state index contributed by atoms with van der Waals surface area (Å²) >= 11 is 0. The molecule has 0 radical (unpaired) electrons. The average molecular weight is 444 g/mol. The highest BCUT2D eigenvalue weighted by atomic mass is 32.2. The van der Waals surface area contributed by atoms with Crippen LogP contribution in [0.2, 0.25) is 0 Å². The molecule has 8 nitrogen and oxygen atoms in total. The van der Waals surface area contributed by atoms with E-state index in [1.165, 1.54) is 13.0 Å². The van der Waals surface area contributed by atoms with Crippen LogP contribution in [0.15, 0.2) is 58.4 Å². The third kappa shape index (κ3) is 5.69. The minimum Gasteiger partial charge on any atom is -0.453 e. The first-order valence-electron chi connectivity index (χ1n) is 10.1. The summed E-state index contributed by atoms with van der Waals surface area (Å²) in [6.45, 7) is 3.80. The van der Waals surface area contributed by atoms with E-state index in [-0.39, 0.29) is 23.7 Å². The van der Waals surface area contributed by atoms with E-state index in [0.717, 1.165) is 12.0 Å². The normalized spacial score (nSPS) is 16.3. The van der Waals surface area contributed by atoms with Gasteiger partial charge in [0, 0.05) is 24.2 Å². The Morgan fingerprint density at radius 3 is 2.55 bits per heavy atom. The molecule has 2 aromatic carbocycles. The number of esters is 1. The number of sulfonamides is 1. The van der Waals surface area contributed by atoms with E-state index in [4.69, 9.17) is 4.74 Å². The number of aliphatic imine (C=N–C) groups is 1. The molecule has 0 aromatic heterocycles. The van der Waals surface area contributed by atoms with Gasteiger partial charge in [0.15, 0.2) is 6.10 Å². The number of benzene rings is 2. The first-order chi connectivity index (χ1) is 14.8. The zero-order chi connectivity index (χ0) is 22.4. The second kappa shape index (κ2) is 9.74. The number of carbonyl (C=O) groups is 2. The van der Waals surface area contributed by atoms with Crippen LogP contribution < -0.4 is 10.0 Å². The lowest BCUT2D eigenvalue weighted by Gasteiger charge is -2.13. The Hall–Kier alpha value is -3.20. The number of hydrogen-bond acceptors (Lipinski definition) is 6. The molecule has 1 amide bonds. The summed E-state index contributed by atoms with van der Waals surface area (Å²) in [4.78, 5) is 28.7. The summed E-state index contributed by atoms with van der Waals surface area (Å²) in [5.41, 5.74) is 2.32. The number of hydrogen-bond donors (Lipinski definition) is 2. The summed E-state index contributed by atoms with van der Waals surface area (Å²) in [6.07, 6.45) is 0.400. The van der Waals surface area contributed by atoms with E-state index in [1.54, 1.807) is 30.3 Å². The van der Waals surface area contributed by atoms with E-state index in [1.807, 2.05) is 19.1 Å². The minimum atomic E-state index is -3.58. The molecule has 3 rings (SSSR count). The van der Waals surface area contributed by atoms with Crippen molar-refractivity contribution in [2.75, 3.05) is 11.9 Å². The Balaban J connectivity index is 1.45. The number of amidine groups is 1. The van der Waals surface area contributed by atoms with E-state index >= 15 is 0 Å². The number of amides is 1. The van der Waals surface area contributed by atoms with Crippen LogP contribution >= 0.6 is 0 Å². The lowest BCUT2D eigenvalue weighted by atomic mass is 10.1. The first-order valence-corrected chi connectivity index (χ1v) is 11.5. The SMILES string of the molecule is CCc1ccc(NC(=O)C(C)OC(=O)CCCN=C2NS(=O)(=O)c3ccccc32)cc1. The summed E-state index contributed by atoms with van der Waals surface area (Å²) in [7, 11) is -3.58. The van der Waals surface area contributed by atoms with Crippen molar-refractivity contribution < 1.29 is 22.7 Å². The van der Waals surface area contributed by atoms with Gasteiger partial charge in [-0.1, -0.05) is 31.2 Å². The van der Waals surface area contributed by atoms with Gasteiger partial charge in [0.25, 0.3) is 15.9 Å². The maximum absolute atomic E-state index is 12.2. The maximum atomic E-state index is 12.2. The molecule has 9 heteroatoms. The summed E-state index contributed by atoms with van der Waals surface area (Å²) in [5, 5.41) is 2.72. The smallest absolute Gasteiger partial charge is 0.306 e. The van der Waals surface area contributed by atoms with Crippen LogP contribution in [0.25, 0.3) is 0 Å². The Morgan fingerprint density at radius 2 is 1.84 bits per heavy atom. The number of ether oxygens (including phenoxy) is 1. The Kier molecular flexibility index (Phi) is 7.06. The number of nitrogens with one attached hydrogen (secondary N) is 2. The number of nitrogens with zero attached hydrogens (tertiary/aromatic N) is 1. The molecule has 2 aromatic rings. The molecule has 1 aliphatic rings. The van der Waals surface area contributed by atoms with Crippen LogP contribution in [0.4, 0.5) is 5.69 Å². The summed E-state index contributed by atoms with van der Waals surface area (Å²) in [5.74, 6) is -0.655. The van der Waals surface area contributed by atoms with Gasteiger partial charge in [0.1, 0.15) is 5.84 Å². The van der Waals surface area contributed by atoms with Crippen LogP contribution in [0, 0.1) is 0 Å². The molecule has 0 saturated carbocycles. The molecule has 0 fully saturated rings. The maximum Gasteiger partial charge on any atom is 0.306 e. The van der Waals surface area contributed by atoms with Crippen LogP contribution in [-0.4, -0.2) is 38.8 Å². The predicted octanol–water partition coefficient (Wildman–Crippen LogP) is 2.64. The molecule has 164 valence electrons. The topological polar surface area (TPSA) is 114 Å². The third-order valence-corrected chi connectivity index (χ3v) is 6.18. The lowest BCUT2D eigenvalue weighted by molar-refractivity contribution is -0.153. The second-order valence-corrected chi connectivity index (χ2v) is 8.76. The Morgan fingerprint density at radius 1 is 1.13 bits per heavy atom. The van der Waals surface area contributed by atoms with Crippen LogP contribution in [0.3, 0.4) is 0 Å². The molecular formula is C22H25N3O5S. The number of fused-ring (bicyclic) bond motifs is 1. The standard InChI is InChI=1S/C22H25N3O5S/c1-3-16-10-12-17(13-11-16)24-22(27)15(2)30-20(26)9-6-14-23-21-18-7-4-5-8-19(18)31(28,29)25-21/h4-5,7-8,10-13,15H,3,6,9,14H2,1-2H3,(H,23,25)(H,24,27). The van der Waals surface area contributed by atoms with Crippen molar-refractivity contribution in [3.05, 3.63) is 59.7 Å². The van der Waals surface area contributed by atoms with Crippen LogP contribution in [0.5, 0.6) is 0 Å². The van der Waals surface area contributed by atoms with Crippen molar-refractivity contribution in [2.24, 2.45) is 4.99 Å². The zero-order valence-corrected chi connectivity index (χ0v) is 18.2. The fourth-order valence-corrected chi connectivity index (χ4v) is 4.29. The highest BCUT2D eigenvalue weighted by molar-refractivity contribution is 7.90. The second-order valence-electron chi connectivity index (χ2n) is 7.11. The number of rotatable bonds is 8. The van der Waals surface area contributed by atoms with Crippen molar-refractivity contribution in [3.63, 3.8) is 0 Å². The monoisotopic (exact) mass is 443 g/mol. The third-order valence-electron chi connectivity index (χ3n) is 4.78. The Labute approximate surface area is 181 Å². The summed E-state index contributed by atoms with van der Waals surface area (Å²) in [6, 6.07) is 14.0. The average Bonchev–Trinajstić information content (AvgIpc) is 3.02. The quantitative estimate of drug-likeness (QED) is 0.481. The molecule has 0 bridgehead atoms. The number of aryl methyl sites for hydroxylation is 1. The number of carbonyl (C=O) groups excluding carboxylic acids is 2. The molecule has 31 heavy (non-hydrogen) atoms. The Bertz CT molecular complexity index is 1090. The molecule has 2 N–H and O–H groups in total. The van der Waals surface area contributed by atoms with Crippen LogP contribution in [-0.2, 0) is 30.8 Å². The fourth-order valence-electron chi connectivity index (χ4n) is 3.04. The molecule has 1 unspecified atom stereocenters. The highest BCUT2D eigenvalue weighted by Gasteiger charge is 2.29. The lowest BCUT2D eigenvalue weighted by Crippen LogP contribution is -2.30. The van der Waals surface area contributed by atoms with Gasteiger partial charge in [-0.25, -0.2) is 8.42 Å². The predicted molar refractivity (Wildman–Crippen MR) is 117 cm³/mol. The first kappa shape index (κ1) is 22.5. The highest BCUT2D eigenvalue weighted by Crippen LogP contribution is 2.22. The molecule has 1 heterocycles. The van der Waals surface area contributed by atoms with Gasteiger partial charge < -0.3 is 10.1 Å². The van der Waals surface area contributed by atoms with Gasteiger partial charge in [0.05, 0.1) is 4.90 Å².